The Morgan fingerprint density at radius 2 is 2.33 bits per heavy atom. The highest BCUT2D eigenvalue weighted by Crippen LogP contribution is 2.32. The minimum absolute atomic E-state index is 0.0832. The van der Waals surface area contributed by atoms with E-state index in [4.69, 9.17) is 9.47 Å². The Hall–Kier alpha value is -2.56. The van der Waals surface area contributed by atoms with Gasteiger partial charge in [-0.3, -0.25) is 0 Å². The van der Waals surface area contributed by atoms with Crippen molar-refractivity contribution < 1.29 is 14.3 Å². The van der Waals surface area contributed by atoms with E-state index in [9.17, 15) is 4.79 Å². The van der Waals surface area contributed by atoms with E-state index in [0.717, 1.165) is 17.0 Å². The molecule has 0 bridgehead atoms. The van der Waals surface area contributed by atoms with Gasteiger partial charge in [0.2, 0.25) is 0 Å². The van der Waals surface area contributed by atoms with Crippen molar-refractivity contribution in [2.24, 2.45) is 0 Å². The largest absolute Gasteiger partial charge is 0.484 e. The summed E-state index contributed by atoms with van der Waals surface area (Å²) in [7, 11) is 0. The smallest absolute Gasteiger partial charge is 0.338 e. The van der Waals surface area contributed by atoms with Crippen LogP contribution in [0.1, 0.15) is 29.8 Å². The monoisotopic (exact) mass is 284 g/mol. The van der Waals surface area contributed by atoms with Gasteiger partial charge in [0.1, 0.15) is 11.9 Å². The molecular formula is C16H16N2O3. The van der Waals surface area contributed by atoms with E-state index in [0.29, 0.717) is 12.2 Å². The van der Waals surface area contributed by atoms with Crippen molar-refractivity contribution in [1.82, 2.24) is 9.55 Å². The minimum atomic E-state index is -0.323. The molecule has 0 saturated heterocycles. The van der Waals surface area contributed by atoms with Gasteiger partial charge >= 0.3 is 5.97 Å². The van der Waals surface area contributed by atoms with Crippen LogP contribution in [-0.2, 0) is 4.74 Å². The lowest BCUT2D eigenvalue weighted by atomic mass is 10.0. The summed E-state index contributed by atoms with van der Waals surface area (Å²) in [5, 5.41) is 0. The fraction of sp³-hybridized carbons (Fsp3) is 0.250. The molecule has 0 amide bonds. The molecule has 0 aliphatic carbocycles. The number of carbonyl (C=O) groups excluding carboxylic acids is 1. The molecule has 2 heterocycles. The molecule has 0 N–H and O–H groups in total. The van der Waals surface area contributed by atoms with Crippen LogP contribution in [0.25, 0.3) is 11.8 Å². The zero-order chi connectivity index (χ0) is 14.8. The van der Waals surface area contributed by atoms with Gasteiger partial charge in [0.05, 0.1) is 24.2 Å². The molecule has 0 spiro atoms. The summed E-state index contributed by atoms with van der Waals surface area (Å²) in [6.45, 7) is 4.13. The van der Waals surface area contributed by atoms with Crippen molar-refractivity contribution in [3.63, 3.8) is 0 Å². The van der Waals surface area contributed by atoms with Crippen LogP contribution >= 0.6 is 0 Å². The Morgan fingerprint density at radius 1 is 1.48 bits per heavy atom. The third-order valence-corrected chi connectivity index (χ3v) is 3.35. The molecule has 1 atom stereocenters. The molecule has 1 unspecified atom stereocenters. The molecule has 0 radical (unpaired) electrons. The first-order chi connectivity index (χ1) is 10.2. The zero-order valence-corrected chi connectivity index (χ0v) is 11.9. The number of nitrogens with zero attached hydrogens (tertiary/aromatic N) is 2. The number of aromatic nitrogens is 2. The van der Waals surface area contributed by atoms with E-state index in [1.807, 2.05) is 23.8 Å². The predicted molar refractivity (Wildman–Crippen MR) is 78.9 cm³/mol. The first kappa shape index (κ1) is 13.4. The maximum Gasteiger partial charge on any atom is 0.338 e. The van der Waals surface area contributed by atoms with Crippen molar-refractivity contribution in [2.75, 3.05) is 6.61 Å². The second-order valence-corrected chi connectivity index (χ2v) is 4.77. The number of hydrogen-bond acceptors (Lipinski definition) is 4. The van der Waals surface area contributed by atoms with Crippen LogP contribution in [0, 0.1) is 0 Å². The average Bonchev–Trinajstić information content (AvgIpc) is 3.00. The van der Waals surface area contributed by atoms with Crippen LogP contribution in [0.15, 0.2) is 36.9 Å². The van der Waals surface area contributed by atoms with Gasteiger partial charge in [-0.15, -0.1) is 0 Å². The maximum atomic E-state index is 11.8. The van der Waals surface area contributed by atoms with Crippen LogP contribution < -0.4 is 4.74 Å². The molecular weight excluding hydrogens is 268 g/mol. The lowest BCUT2D eigenvalue weighted by Gasteiger charge is -2.25. The van der Waals surface area contributed by atoms with Crippen LogP contribution in [-0.4, -0.2) is 28.2 Å². The van der Waals surface area contributed by atoms with Crippen molar-refractivity contribution >= 4 is 17.7 Å². The molecule has 1 aliphatic rings. The number of benzene rings is 1. The quantitative estimate of drug-likeness (QED) is 0.813. The molecule has 21 heavy (non-hydrogen) atoms. The Kier molecular flexibility index (Phi) is 3.48. The molecule has 1 aliphatic heterocycles. The molecule has 0 fully saturated rings. The van der Waals surface area contributed by atoms with E-state index in [1.165, 1.54) is 0 Å². The van der Waals surface area contributed by atoms with Gasteiger partial charge in [0.25, 0.3) is 0 Å². The number of carbonyl (C=O) groups is 1. The van der Waals surface area contributed by atoms with Crippen molar-refractivity contribution in [1.29, 1.82) is 0 Å². The first-order valence-electron chi connectivity index (χ1n) is 6.87. The highest BCUT2D eigenvalue weighted by atomic mass is 16.5. The Bertz CT molecular complexity index is 690. The third kappa shape index (κ3) is 2.54. The van der Waals surface area contributed by atoms with E-state index in [2.05, 4.69) is 4.98 Å². The molecule has 1 aromatic carbocycles. The van der Waals surface area contributed by atoms with Crippen molar-refractivity contribution in [3.05, 3.63) is 48.0 Å². The lowest BCUT2D eigenvalue weighted by molar-refractivity contribution is 0.0526. The van der Waals surface area contributed by atoms with Crippen molar-refractivity contribution in [3.8, 4) is 5.75 Å². The highest BCUT2D eigenvalue weighted by Gasteiger charge is 2.21. The fourth-order valence-electron chi connectivity index (χ4n) is 2.33. The van der Waals surface area contributed by atoms with E-state index >= 15 is 0 Å². The number of esters is 1. The normalized spacial score (nSPS) is 16.7. The number of hydrogen-bond donors (Lipinski definition) is 0. The molecule has 0 saturated carbocycles. The summed E-state index contributed by atoms with van der Waals surface area (Å²) < 4.78 is 12.8. The Morgan fingerprint density at radius 3 is 3.05 bits per heavy atom. The lowest BCUT2D eigenvalue weighted by Crippen LogP contribution is -2.21. The second-order valence-electron chi connectivity index (χ2n) is 4.77. The number of rotatable bonds is 3. The van der Waals surface area contributed by atoms with Crippen LogP contribution in [0.5, 0.6) is 5.75 Å². The molecule has 5 nitrogen and oxygen atoms in total. The predicted octanol–water partition coefficient (Wildman–Crippen LogP) is 2.84. The van der Waals surface area contributed by atoms with Gasteiger partial charge in [-0.05, 0) is 38.1 Å². The zero-order valence-electron chi connectivity index (χ0n) is 11.9. The van der Waals surface area contributed by atoms with Gasteiger partial charge in [-0.2, -0.15) is 0 Å². The van der Waals surface area contributed by atoms with Crippen molar-refractivity contribution in [2.45, 2.75) is 20.0 Å². The molecule has 3 rings (SSSR count). The van der Waals surface area contributed by atoms with Crippen LogP contribution in [0.3, 0.4) is 0 Å². The summed E-state index contributed by atoms with van der Waals surface area (Å²) in [5.41, 5.74) is 2.36. The minimum Gasteiger partial charge on any atom is -0.484 e. The SMILES string of the molecule is CCOC(=O)c1ccc2c(c1)C=C(n1ccnc1)C(C)O2. The second kappa shape index (κ2) is 5.44. The Labute approximate surface area is 122 Å². The topological polar surface area (TPSA) is 53.4 Å². The summed E-state index contributed by atoms with van der Waals surface area (Å²) in [4.78, 5) is 15.9. The molecule has 2 aromatic rings. The van der Waals surface area contributed by atoms with E-state index in [-0.39, 0.29) is 12.1 Å². The van der Waals surface area contributed by atoms with Gasteiger partial charge in [-0.25, -0.2) is 9.78 Å². The van der Waals surface area contributed by atoms with Crippen LogP contribution in [0.2, 0.25) is 0 Å². The van der Waals surface area contributed by atoms with E-state index < -0.39 is 0 Å². The molecule has 1 aromatic heterocycles. The molecule has 5 heteroatoms. The summed E-state index contributed by atoms with van der Waals surface area (Å²) >= 11 is 0. The van der Waals surface area contributed by atoms with E-state index in [1.54, 1.807) is 37.6 Å². The number of fused-ring (bicyclic) bond motifs is 1. The number of ether oxygens (including phenoxy) is 2. The summed E-state index contributed by atoms with van der Waals surface area (Å²) in [6.07, 6.45) is 7.24. The maximum absolute atomic E-state index is 11.8. The highest BCUT2D eigenvalue weighted by molar-refractivity contribution is 5.91. The summed E-state index contributed by atoms with van der Waals surface area (Å²) in [6, 6.07) is 5.31. The fourth-order valence-corrected chi connectivity index (χ4v) is 2.33. The van der Waals surface area contributed by atoms with Gasteiger partial charge < -0.3 is 14.0 Å². The standard InChI is InChI=1S/C16H16N2O3/c1-3-20-16(19)12-4-5-15-13(8-12)9-14(11(2)21-15)18-7-6-17-10-18/h4-11H,3H2,1-2H3. The third-order valence-electron chi connectivity index (χ3n) is 3.35. The first-order valence-corrected chi connectivity index (χ1v) is 6.87. The Balaban J connectivity index is 2.00. The summed E-state index contributed by atoms with van der Waals surface area (Å²) in [5.74, 6) is 0.441. The van der Waals surface area contributed by atoms with Gasteiger partial charge in [0.15, 0.2) is 0 Å². The van der Waals surface area contributed by atoms with Crippen LogP contribution in [0.4, 0.5) is 0 Å². The van der Waals surface area contributed by atoms with Gasteiger partial charge in [0, 0.05) is 18.0 Å². The number of imidazole rings is 1. The average molecular weight is 284 g/mol. The van der Waals surface area contributed by atoms with Gasteiger partial charge in [-0.1, -0.05) is 0 Å². The molecule has 108 valence electrons.